The maximum atomic E-state index is 13.7. The molecule has 1 aliphatic heterocycles. The van der Waals surface area contributed by atoms with E-state index in [1.165, 1.54) is 13.0 Å². The van der Waals surface area contributed by atoms with Crippen molar-refractivity contribution in [3.8, 4) is 0 Å². The molecule has 0 spiro atoms. The van der Waals surface area contributed by atoms with E-state index in [1.807, 2.05) is 0 Å². The van der Waals surface area contributed by atoms with Gasteiger partial charge in [-0.05, 0) is 6.92 Å². The summed E-state index contributed by atoms with van der Waals surface area (Å²) in [5.41, 5.74) is 0.379. The van der Waals surface area contributed by atoms with Crippen LogP contribution < -0.4 is 0 Å². The fraction of sp³-hybridized carbons (Fsp3) is 0.833. The zero-order valence-electron chi connectivity index (χ0n) is 12.7. The summed E-state index contributed by atoms with van der Waals surface area (Å²) in [5, 5.41) is 0. The van der Waals surface area contributed by atoms with Crippen LogP contribution in [-0.2, 0) is 0 Å². The molecule has 1 rings (SSSR count). The van der Waals surface area contributed by atoms with Crippen molar-refractivity contribution in [1.29, 1.82) is 0 Å². The molecular formula is C12H11F12NS. The number of hydrogen-bond donors (Lipinski definition) is 0. The summed E-state index contributed by atoms with van der Waals surface area (Å²) in [6.45, 7) is -1.22. The first-order valence-corrected chi connectivity index (χ1v) is 7.57. The van der Waals surface area contributed by atoms with Crippen molar-refractivity contribution in [2.24, 2.45) is 0 Å². The van der Waals surface area contributed by atoms with Gasteiger partial charge in [-0.15, -0.1) is 0 Å². The van der Waals surface area contributed by atoms with Crippen LogP contribution in [0.15, 0.2) is 11.6 Å². The largest absolute Gasteiger partial charge is 0.384 e. The SMILES string of the molecule is CC1=CCSN(CC(F)(F)C(F)(F)C(F)(F)C(F)(F)C(F)(F)C(F)F)C1. The van der Waals surface area contributed by atoms with Crippen molar-refractivity contribution in [2.75, 3.05) is 18.8 Å². The van der Waals surface area contributed by atoms with Gasteiger partial charge in [-0.2, -0.15) is 43.9 Å². The third-order valence-electron chi connectivity index (χ3n) is 3.43. The summed E-state index contributed by atoms with van der Waals surface area (Å²) in [6.07, 6.45) is -4.00. The monoisotopic (exact) mass is 429 g/mol. The maximum absolute atomic E-state index is 13.7. The highest BCUT2D eigenvalue weighted by Crippen LogP contribution is 2.58. The highest BCUT2D eigenvalue weighted by atomic mass is 32.2. The van der Waals surface area contributed by atoms with Crippen molar-refractivity contribution in [2.45, 2.75) is 43.0 Å². The topological polar surface area (TPSA) is 3.24 Å². The second-order valence-corrected chi connectivity index (χ2v) is 6.60. The molecule has 0 saturated carbocycles. The molecule has 0 saturated heterocycles. The minimum atomic E-state index is -7.46. The molecule has 1 heterocycles. The minimum absolute atomic E-state index is 0.0104. The maximum Gasteiger partial charge on any atom is 0.384 e. The van der Waals surface area contributed by atoms with Gasteiger partial charge < -0.3 is 0 Å². The van der Waals surface area contributed by atoms with E-state index in [2.05, 4.69) is 0 Å². The molecule has 1 nitrogen and oxygen atoms in total. The molecule has 0 bridgehead atoms. The summed E-state index contributed by atoms with van der Waals surface area (Å²) >= 11 is 0.482. The van der Waals surface area contributed by atoms with Gasteiger partial charge >= 0.3 is 36.0 Å². The molecule has 0 unspecified atom stereocenters. The van der Waals surface area contributed by atoms with E-state index in [0.717, 1.165) is 0 Å². The van der Waals surface area contributed by atoms with Gasteiger partial charge in [0.2, 0.25) is 0 Å². The van der Waals surface area contributed by atoms with Crippen molar-refractivity contribution >= 4 is 11.9 Å². The van der Waals surface area contributed by atoms with Gasteiger partial charge in [0.05, 0.1) is 6.54 Å². The Kier molecular flexibility index (Phi) is 6.25. The Labute approximate surface area is 143 Å². The Morgan fingerprint density at radius 1 is 0.923 bits per heavy atom. The molecule has 0 amide bonds. The van der Waals surface area contributed by atoms with Gasteiger partial charge in [-0.1, -0.05) is 23.6 Å². The first-order valence-electron chi connectivity index (χ1n) is 6.62. The Bertz CT molecular complexity index is 544. The predicted molar refractivity (Wildman–Crippen MR) is 68.5 cm³/mol. The van der Waals surface area contributed by atoms with Crippen LogP contribution in [0.25, 0.3) is 0 Å². The quantitative estimate of drug-likeness (QED) is 0.306. The van der Waals surface area contributed by atoms with Crippen molar-refractivity contribution in [3.63, 3.8) is 0 Å². The van der Waals surface area contributed by atoms with Crippen LogP contribution in [-0.4, -0.2) is 59.2 Å². The summed E-state index contributed by atoms with van der Waals surface area (Å²) < 4.78 is 157. The number of hydrogen-bond acceptors (Lipinski definition) is 2. The normalized spacial score (nSPS) is 19.1. The number of nitrogens with zero attached hydrogens (tertiary/aromatic N) is 1. The first-order chi connectivity index (χ1) is 11.4. The van der Waals surface area contributed by atoms with Crippen LogP contribution in [0.1, 0.15) is 6.92 Å². The standard InChI is InChI=1S/C12H11F12NS/c1-6-2-3-26-25(4-6)5-8(15,16)10(19,20)12(23,24)11(21,22)9(17,18)7(13)14/h2,7H,3-5H2,1H3. The molecule has 0 N–H and O–H groups in total. The van der Waals surface area contributed by atoms with Crippen LogP contribution >= 0.6 is 11.9 Å². The second-order valence-electron chi connectivity index (χ2n) is 5.50. The molecular weight excluding hydrogens is 418 g/mol. The molecule has 0 atom stereocenters. The molecule has 154 valence electrons. The minimum Gasteiger partial charge on any atom is -0.240 e. The van der Waals surface area contributed by atoms with Gasteiger partial charge in [0.25, 0.3) is 0 Å². The van der Waals surface area contributed by atoms with E-state index >= 15 is 0 Å². The third kappa shape index (κ3) is 3.62. The van der Waals surface area contributed by atoms with Crippen LogP contribution in [0.3, 0.4) is 0 Å². The van der Waals surface area contributed by atoms with Crippen molar-refractivity contribution in [3.05, 3.63) is 11.6 Å². The highest BCUT2D eigenvalue weighted by Gasteiger charge is 2.87. The second kappa shape index (κ2) is 6.99. The fourth-order valence-electron chi connectivity index (χ4n) is 1.87. The number of alkyl halides is 12. The summed E-state index contributed by atoms with van der Waals surface area (Å²) in [6, 6.07) is 0. The predicted octanol–water partition coefficient (Wildman–Crippen LogP) is 5.34. The number of rotatable bonds is 7. The molecule has 0 aliphatic carbocycles. The van der Waals surface area contributed by atoms with Gasteiger partial charge in [-0.25, -0.2) is 13.1 Å². The zero-order valence-corrected chi connectivity index (χ0v) is 13.5. The highest BCUT2D eigenvalue weighted by molar-refractivity contribution is 7.97. The molecule has 14 heteroatoms. The molecule has 0 aromatic rings. The van der Waals surface area contributed by atoms with Gasteiger partial charge in [0.15, 0.2) is 0 Å². The van der Waals surface area contributed by atoms with Crippen molar-refractivity contribution in [1.82, 2.24) is 4.31 Å². The van der Waals surface area contributed by atoms with Crippen LogP contribution in [0.4, 0.5) is 52.7 Å². The average molecular weight is 429 g/mol. The third-order valence-corrected chi connectivity index (χ3v) is 4.37. The first kappa shape index (κ1) is 23.2. The average Bonchev–Trinajstić information content (AvgIpc) is 2.45. The Balaban J connectivity index is 3.21. The molecule has 0 aromatic carbocycles. The molecule has 1 aliphatic rings. The summed E-state index contributed by atoms with van der Waals surface area (Å²) in [5.74, 6) is -34.8. The lowest BCUT2D eigenvalue weighted by molar-refractivity contribution is -0.412. The van der Waals surface area contributed by atoms with E-state index < -0.39 is 49.1 Å². The van der Waals surface area contributed by atoms with E-state index in [-0.39, 0.29) is 5.75 Å². The fourth-order valence-corrected chi connectivity index (χ4v) is 2.99. The molecule has 26 heavy (non-hydrogen) atoms. The van der Waals surface area contributed by atoms with Gasteiger partial charge in [0, 0.05) is 12.3 Å². The van der Waals surface area contributed by atoms with E-state index in [0.29, 0.717) is 21.8 Å². The Morgan fingerprint density at radius 2 is 1.42 bits per heavy atom. The number of halogens is 12. The van der Waals surface area contributed by atoms with Crippen molar-refractivity contribution < 1.29 is 52.7 Å². The van der Waals surface area contributed by atoms with Crippen LogP contribution in [0.2, 0.25) is 0 Å². The van der Waals surface area contributed by atoms with E-state index in [4.69, 9.17) is 0 Å². The zero-order chi connectivity index (χ0) is 20.8. The van der Waals surface area contributed by atoms with Crippen LogP contribution in [0.5, 0.6) is 0 Å². The summed E-state index contributed by atoms with van der Waals surface area (Å²) in [7, 11) is 0. The molecule has 0 radical (unpaired) electrons. The lowest BCUT2D eigenvalue weighted by Crippen LogP contribution is -2.69. The Hall–Kier alpha value is -0.790. The molecule has 0 fully saturated rings. The van der Waals surface area contributed by atoms with E-state index in [1.54, 1.807) is 0 Å². The smallest absolute Gasteiger partial charge is 0.240 e. The summed E-state index contributed by atoms with van der Waals surface area (Å²) in [4.78, 5) is 0. The lowest BCUT2D eigenvalue weighted by Gasteiger charge is -2.40. The molecule has 0 aromatic heterocycles. The van der Waals surface area contributed by atoms with Crippen LogP contribution in [0, 0.1) is 0 Å². The Morgan fingerprint density at radius 3 is 1.85 bits per heavy atom. The van der Waals surface area contributed by atoms with E-state index in [9.17, 15) is 52.7 Å². The van der Waals surface area contributed by atoms with Gasteiger partial charge in [0.1, 0.15) is 0 Å². The lowest BCUT2D eigenvalue weighted by atomic mass is 9.94. The van der Waals surface area contributed by atoms with Gasteiger partial charge in [-0.3, -0.25) is 0 Å².